The van der Waals surface area contributed by atoms with Gasteiger partial charge in [0.1, 0.15) is 0 Å². The summed E-state index contributed by atoms with van der Waals surface area (Å²) in [6, 6.07) is 4.58. The molecule has 6 heteroatoms. The summed E-state index contributed by atoms with van der Waals surface area (Å²) in [5.74, 6) is -1.05. The van der Waals surface area contributed by atoms with E-state index < -0.39 is 12.0 Å². The molecule has 1 rings (SSSR count). The van der Waals surface area contributed by atoms with Crippen molar-refractivity contribution in [2.24, 2.45) is 0 Å². The molecule has 20 heavy (non-hydrogen) atoms. The molecule has 0 aromatic heterocycles. The number of hydrogen-bond acceptors (Lipinski definition) is 3. The highest BCUT2D eigenvalue weighted by Gasteiger charge is 2.14. The Morgan fingerprint density at radius 1 is 1.35 bits per heavy atom. The normalized spacial score (nSPS) is 10.4. The van der Waals surface area contributed by atoms with Gasteiger partial charge in [0.15, 0.2) is 0 Å². The van der Waals surface area contributed by atoms with Crippen LogP contribution in [0.3, 0.4) is 0 Å². The molecule has 0 atom stereocenters. The molecule has 0 bridgehead atoms. The Morgan fingerprint density at radius 2 is 2.05 bits per heavy atom. The summed E-state index contributed by atoms with van der Waals surface area (Å²) < 4.78 is 0. The van der Waals surface area contributed by atoms with Crippen molar-refractivity contribution < 1.29 is 14.7 Å². The van der Waals surface area contributed by atoms with Crippen LogP contribution in [-0.4, -0.2) is 48.7 Å². The molecule has 0 saturated carbocycles. The van der Waals surface area contributed by atoms with Crippen molar-refractivity contribution in [3.63, 3.8) is 0 Å². The molecule has 0 radical (unpaired) electrons. The summed E-state index contributed by atoms with van der Waals surface area (Å²) in [7, 11) is 1.96. The Kier molecular flexibility index (Phi) is 5.99. The molecule has 1 aromatic rings. The second-order valence-corrected chi connectivity index (χ2v) is 4.58. The van der Waals surface area contributed by atoms with E-state index in [9.17, 15) is 9.59 Å². The van der Waals surface area contributed by atoms with Crippen LogP contribution < -0.4 is 10.6 Å². The third kappa shape index (κ3) is 4.55. The number of amides is 2. The Hall–Kier alpha value is -2.08. The molecule has 110 valence electrons. The smallest absolute Gasteiger partial charge is 0.338 e. The molecular weight excluding hydrogens is 258 g/mol. The first-order valence-corrected chi connectivity index (χ1v) is 6.52. The minimum Gasteiger partial charge on any atom is -0.478 e. The van der Waals surface area contributed by atoms with Gasteiger partial charge in [-0.3, -0.25) is 0 Å². The fourth-order valence-corrected chi connectivity index (χ4v) is 1.74. The van der Waals surface area contributed by atoms with Crippen LogP contribution in [0.4, 0.5) is 10.5 Å². The van der Waals surface area contributed by atoms with Crippen molar-refractivity contribution in [1.29, 1.82) is 0 Å². The van der Waals surface area contributed by atoms with E-state index in [1.54, 1.807) is 25.1 Å². The maximum Gasteiger partial charge on any atom is 0.338 e. The highest BCUT2D eigenvalue weighted by atomic mass is 16.4. The average Bonchev–Trinajstić information content (AvgIpc) is 2.38. The van der Waals surface area contributed by atoms with Crippen molar-refractivity contribution in [1.82, 2.24) is 10.2 Å². The van der Waals surface area contributed by atoms with Crippen LogP contribution in [0.1, 0.15) is 22.8 Å². The average molecular weight is 279 g/mol. The molecule has 6 nitrogen and oxygen atoms in total. The lowest BCUT2D eigenvalue weighted by atomic mass is 10.1. The first kappa shape index (κ1) is 16.0. The maximum atomic E-state index is 11.7. The van der Waals surface area contributed by atoms with Crippen LogP contribution in [0.25, 0.3) is 0 Å². The lowest BCUT2D eigenvalue weighted by molar-refractivity contribution is 0.0697. The number of carboxylic acids is 1. The van der Waals surface area contributed by atoms with Crippen molar-refractivity contribution >= 4 is 17.7 Å². The van der Waals surface area contributed by atoms with Crippen molar-refractivity contribution in [2.45, 2.75) is 13.8 Å². The van der Waals surface area contributed by atoms with Gasteiger partial charge in [0.2, 0.25) is 0 Å². The van der Waals surface area contributed by atoms with Gasteiger partial charge in [-0.15, -0.1) is 0 Å². The third-order valence-corrected chi connectivity index (χ3v) is 3.05. The Balaban J connectivity index is 2.62. The van der Waals surface area contributed by atoms with E-state index >= 15 is 0 Å². The minimum atomic E-state index is -1.05. The minimum absolute atomic E-state index is 0.119. The predicted octanol–water partition coefficient (Wildman–Crippen LogP) is 1.77. The Morgan fingerprint density at radius 3 is 2.65 bits per heavy atom. The number of nitrogens with one attached hydrogen (secondary N) is 2. The van der Waals surface area contributed by atoms with Crippen LogP contribution in [0.2, 0.25) is 0 Å². The third-order valence-electron chi connectivity index (χ3n) is 3.05. The Bertz CT molecular complexity index is 489. The van der Waals surface area contributed by atoms with Crippen molar-refractivity contribution in [3.8, 4) is 0 Å². The highest BCUT2D eigenvalue weighted by Crippen LogP contribution is 2.19. The van der Waals surface area contributed by atoms with Crippen LogP contribution in [0.5, 0.6) is 0 Å². The van der Waals surface area contributed by atoms with E-state index in [0.717, 1.165) is 13.1 Å². The molecule has 0 heterocycles. The number of anilines is 1. The van der Waals surface area contributed by atoms with E-state index in [4.69, 9.17) is 5.11 Å². The predicted molar refractivity (Wildman–Crippen MR) is 78.3 cm³/mol. The molecule has 0 aliphatic rings. The number of carbonyl (C=O) groups is 2. The molecule has 0 aliphatic heterocycles. The number of carboxylic acid groups (broad SMARTS) is 1. The number of rotatable bonds is 6. The summed E-state index contributed by atoms with van der Waals surface area (Å²) >= 11 is 0. The molecule has 3 N–H and O–H groups in total. The van der Waals surface area contributed by atoms with E-state index in [1.165, 1.54) is 0 Å². The molecule has 0 spiro atoms. The summed E-state index contributed by atoms with van der Waals surface area (Å²) in [5, 5.41) is 14.4. The van der Waals surface area contributed by atoms with Gasteiger partial charge in [-0.05, 0) is 32.1 Å². The molecule has 0 unspecified atom stereocenters. The first-order valence-electron chi connectivity index (χ1n) is 6.52. The topological polar surface area (TPSA) is 81.7 Å². The van der Waals surface area contributed by atoms with E-state index in [0.29, 0.717) is 17.8 Å². The lowest BCUT2D eigenvalue weighted by Gasteiger charge is -2.15. The van der Waals surface area contributed by atoms with Crippen LogP contribution >= 0.6 is 0 Å². The number of carbonyl (C=O) groups excluding carboxylic acids is 1. The standard InChI is InChI=1S/C14H21N3O3/c1-4-17(3)9-8-15-14(20)16-11-7-5-6-10(2)12(11)13(18)19/h5-7H,4,8-9H2,1-3H3,(H,18,19)(H2,15,16,20). The van der Waals surface area contributed by atoms with Gasteiger partial charge in [0.05, 0.1) is 11.3 Å². The molecule has 0 fully saturated rings. The number of urea groups is 1. The fraction of sp³-hybridized carbons (Fsp3) is 0.429. The second kappa shape index (κ2) is 7.49. The molecular formula is C14H21N3O3. The highest BCUT2D eigenvalue weighted by molar-refractivity contribution is 6.01. The maximum absolute atomic E-state index is 11.7. The number of aryl methyl sites for hydroxylation is 1. The fourth-order valence-electron chi connectivity index (χ4n) is 1.74. The number of likely N-dealkylation sites (N-methyl/N-ethyl adjacent to an activating group) is 1. The number of nitrogens with zero attached hydrogens (tertiary/aromatic N) is 1. The second-order valence-electron chi connectivity index (χ2n) is 4.58. The van der Waals surface area contributed by atoms with Crippen LogP contribution in [0.15, 0.2) is 18.2 Å². The zero-order valence-corrected chi connectivity index (χ0v) is 12.1. The summed E-state index contributed by atoms with van der Waals surface area (Å²) in [5.41, 5.74) is 1.04. The van der Waals surface area contributed by atoms with E-state index in [2.05, 4.69) is 15.5 Å². The van der Waals surface area contributed by atoms with Gasteiger partial charge in [0.25, 0.3) is 0 Å². The van der Waals surface area contributed by atoms with Gasteiger partial charge in [-0.1, -0.05) is 19.1 Å². The van der Waals surface area contributed by atoms with Crippen molar-refractivity contribution in [2.75, 3.05) is 32.0 Å². The zero-order valence-electron chi connectivity index (χ0n) is 12.1. The lowest BCUT2D eigenvalue weighted by Crippen LogP contribution is -2.35. The van der Waals surface area contributed by atoms with Gasteiger partial charge in [-0.2, -0.15) is 0 Å². The van der Waals surface area contributed by atoms with Crippen LogP contribution in [-0.2, 0) is 0 Å². The van der Waals surface area contributed by atoms with Gasteiger partial charge in [0, 0.05) is 13.1 Å². The molecule has 0 aliphatic carbocycles. The number of aromatic carboxylic acids is 1. The van der Waals surface area contributed by atoms with E-state index in [-0.39, 0.29) is 5.56 Å². The Labute approximate surface area is 118 Å². The number of hydrogen-bond donors (Lipinski definition) is 3. The molecule has 2 amide bonds. The number of benzene rings is 1. The first-order chi connectivity index (χ1) is 9.45. The van der Waals surface area contributed by atoms with Gasteiger partial charge >= 0.3 is 12.0 Å². The largest absolute Gasteiger partial charge is 0.478 e. The van der Waals surface area contributed by atoms with Gasteiger partial charge < -0.3 is 20.6 Å². The summed E-state index contributed by atoms with van der Waals surface area (Å²) in [4.78, 5) is 25.0. The van der Waals surface area contributed by atoms with E-state index in [1.807, 2.05) is 14.0 Å². The van der Waals surface area contributed by atoms with Gasteiger partial charge in [-0.25, -0.2) is 9.59 Å². The zero-order chi connectivity index (χ0) is 15.1. The van der Waals surface area contributed by atoms with Crippen molar-refractivity contribution in [3.05, 3.63) is 29.3 Å². The summed E-state index contributed by atoms with van der Waals surface area (Å²) in [6.07, 6.45) is 0. The monoisotopic (exact) mass is 279 g/mol. The molecule has 1 aromatic carbocycles. The quantitative estimate of drug-likeness (QED) is 0.741. The van der Waals surface area contributed by atoms with Crippen LogP contribution in [0, 0.1) is 6.92 Å². The SMILES string of the molecule is CCN(C)CCNC(=O)Nc1cccc(C)c1C(=O)O. The summed E-state index contributed by atoms with van der Waals surface area (Å²) in [6.45, 7) is 5.88. The molecule has 0 saturated heterocycles.